The van der Waals surface area contributed by atoms with Crippen LogP contribution in [0.2, 0.25) is 0 Å². The lowest BCUT2D eigenvalue weighted by Crippen LogP contribution is -2.54. The van der Waals surface area contributed by atoms with Crippen LogP contribution in [0.25, 0.3) is 16.9 Å². The average molecular weight is 792 g/mol. The number of imidazole rings is 1. The van der Waals surface area contributed by atoms with Gasteiger partial charge in [-0.2, -0.15) is 5.10 Å². The van der Waals surface area contributed by atoms with Gasteiger partial charge in [0, 0.05) is 81.6 Å². The van der Waals surface area contributed by atoms with Crippen LogP contribution in [-0.4, -0.2) is 120 Å². The highest BCUT2D eigenvalue weighted by atomic mass is 19.1. The highest BCUT2D eigenvalue weighted by molar-refractivity contribution is 6.23. The number of carbonyl (C=O) groups excluding carboxylic acids is 5. The SMILES string of the molecule is Cc1cc(-c2cnc(Nc3cnn(C4CCN(C(=O)CN5CCN(c6ccc7c(c6)C(=O)N(C6CCC(=O)NC6=O)C7=O)CC5)CC4)c3)c3nccn23)c(F)cc1F. The minimum Gasteiger partial charge on any atom is -0.369 e. The van der Waals surface area contributed by atoms with E-state index in [0.717, 1.165) is 29.5 Å². The molecule has 16 nitrogen and oxygen atoms in total. The van der Waals surface area contributed by atoms with E-state index >= 15 is 0 Å². The second-order valence-corrected chi connectivity index (χ2v) is 15.1. The smallest absolute Gasteiger partial charge is 0.262 e. The molecule has 3 fully saturated rings. The van der Waals surface area contributed by atoms with Crippen LogP contribution in [-0.2, 0) is 14.4 Å². The number of imide groups is 2. The van der Waals surface area contributed by atoms with Gasteiger partial charge in [-0.25, -0.2) is 18.7 Å². The number of hydrogen-bond acceptors (Lipinski definition) is 11. The molecular formula is C40H39F2N11O5. The molecular weight excluding hydrogens is 753 g/mol. The third-order valence-electron chi connectivity index (χ3n) is 11.5. The summed E-state index contributed by atoms with van der Waals surface area (Å²) in [5, 5.41) is 10.1. The van der Waals surface area contributed by atoms with Gasteiger partial charge in [-0.05, 0) is 56.0 Å². The maximum atomic E-state index is 14.7. The monoisotopic (exact) mass is 791 g/mol. The van der Waals surface area contributed by atoms with E-state index in [1.807, 2.05) is 15.8 Å². The number of aromatic nitrogens is 5. The molecule has 0 aliphatic carbocycles. The van der Waals surface area contributed by atoms with Gasteiger partial charge in [0.1, 0.15) is 17.7 Å². The topological polar surface area (TPSA) is 170 Å². The number of amides is 5. The van der Waals surface area contributed by atoms with Gasteiger partial charge in [-0.3, -0.25) is 48.2 Å². The van der Waals surface area contributed by atoms with Gasteiger partial charge in [0.25, 0.3) is 11.8 Å². The van der Waals surface area contributed by atoms with Crippen molar-refractivity contribution in [3.05, 3.63) is 89.6 Å². The zero-order valence-corrected chi connectivity index (χ0v) is 31.5. The van der Waals surface area contributed by atoms with E-state index < -0.39 is 41.3 Å². The van der Waals surface area contributed by atoms with Crippen molar-refractivity contribution < 1.29 is 32.8 Å². The number of piperazine rings is 1. The minimum absolute atomic E-state index is 0.0613. The van der Waals surface area contributed by atoms with Crippen LogP contribution in [0.1, 0.15) is 58.0 Å². The molecule has 58 heavy (non-hydrogen) atoms. The number of nitrogens with one attached hydrogen (secondary N) is 2. The van der Waals surface area contributed by atoms with Gasteiger partial charge in [0.05, 0.1) is 47.5 Å². The quantitative estimate of drug-likeness (QED) is 0.221. The Kier molecular flexibility index (Phi) is 9.42. The molecule has 2 N–H and O–H groups in total. The molecule has 0 saturated carbocycles. The molecule has 1 unspecified atom stereocenters. The number of carbonyl (C=O) groups is 5. The second kappa shape index (κ2) is 14.7. The Morgan fingerprint density at radius 3 is 2.43 bits per heavy atom. The molecule has 0 spiro atoms. The summed E-state index contributed by atoms with van der Waals surface area (Å²) in [7, 11) is 0. The molecule has 0 radical (unpaired) electrons. The first kappa shape index (κ1) is 37.0. The van der Waals surface area contributed by atoms with Crippen molar-refractivity contribution >= 4 is 52.4 Å². The highest BCUT2D eigenvalue weighted by Gasteiger charge is 2.45. The fourth-order valence-electron chi connectivity index (χ4n) is 8.29. The summed E-state index contributed by atoms with van der Waals surface area (Å²) in [6.07, 6.45) is 10.0. The summed E-state index contributed by atoms with van der Waals surface area (Å²) >= 11 is 0. The molecule has 7 heterocycles. The number of nitrogens with zero attached hydrogens (tertiary/aromatic N) is 9. The van der Waals surface area contributed by atoms with E-state index in [1.165, 1.54) is 12.3 Å². The maximum absolute atomic E-state index is 14.7. The normalized spacial score (nSPS) is 19.3. The molecule has 4 aliphatic heterocycles. The van der Waals surface area contributed by atoms with Crippen molar-refractivity contribution in [2.24, 2.45) is 0 Å². The highest BCUT2D eigenvalue weighted by Crippen LogP contribution is 2.32. The molecule has 4 aliphatic rings. The molecule has 9 rings (SSSR count). The Morgan fingerprint density at radius 1 is 0.879 bits per heavy atom. The summed E-state index contributed by atoms with van der Waals surface area (Å²) in [5.41, 5.74) is 3.41. The predicted octanol–water partition coefficient (Wildman–Crippen LogP) is 3.31. The fourth-order valence-corrected chi connectivity index (χ4v) is 8.29. The number of likely N-dealkylation sites (tertiary alicyclic amines) is 1. The van der Waals surface area contributed by atoms with Gasteiger partial charge < -0.3 is 15.1 Å². The summed E-state index contributed by atoms with van der Waals surface area (Å²) in [4.78, 5) is 79.8. The van der Waals surface area contributed by atoms with Gasteiger partial charge >= 0.3 is 0 Å². The van der Waals surface area contributed by atoms with Gasteiger partial charge in [0.2, 0.25) is 17.7 Å². The van der Waals surface area contributed by atoms with Crippen LogP contribution >= 0.6 is 0 Å². The van der Waals surface area contributed by atoms with Crippen molar-refractivity contribution in [1.29, 1.82) is 0 Å². The van der Waals surface area contributed by atoms with E-state index in [4.69, 9.17) is 0 Å². The number of anilines is 3. The molecule has 5 amide bonds. The third-order valence-corrected chi connectivity index (χ3v) is 11.5. The van der Waals surface area contributed by atoms with Gasteiger partial charge in [-0.1, -0.05) is 0 Å². The van der Waals surface area contributed by atoms with Crippen LogP contribution in [0.5, 0.6) is 0 Å². The fraction of sp³-hybridized carbons (Fsp3) is 0.350. The first-order valence-electron chi connectivity index (χ1n) is 19.2. The average Bonchev–Trinajstić information content (AvgIpc) is 3.96. The number of hydrogen-bond donors (Lipinski definition) is 2. The Labute approximate surface area is 330 Å². The van der Waals surface area contributed by atoms with Crippen LogP contribution in [0.3, 0.4) is 0 Å². The van der Waals surface area contributed by atoms with E-state index in [-0.39, 0.29) is 41.5 Å². The lowest BCUT2D eigenvalue weighted by molar-refractivity contribution is -0.136. The second-order valence-electron chi connectivity index (χ2n) is 15.1. The van der Waals surface area contributed by atoms with Crippen molar-refractivity contribution in [1.82, 2.24) is 44.2 Å². The van der Waals surface area contributed by atoms with Crippen LogP contribution in [0.4, 0.5) is 26.0 Å². The number of piperidine rings is 2. The van der Waals surface area contributed by atoms with E-state index in [2.05, 4.69) is 35.5 Å². The molecule has 298 valence electrons. The minimum atomic E-state index is -1.01. The molecule has 3 aromatic heterocycles. The van der Waals surface area contributed by atoms with Crippen LogP contribution in [0.15, 0.2) is 61.3 Å². The van der Waals surface area contributed by atoms with Crippen molar-refractivity contribution in [2.75, 3.05) is 56.0 Å². The molecule has 5 aromatic rings. The van der Waals surface area contributed by atoms with Crippen molar-refractivity contribution in [3.8, 4) is 11.3 Å². The lowest BCUT2D eigenvalue weighted by Gasteiger charge is -2.38. The molecule has 3 saturated heterocycles. The Bertz CT molecular complexity index is 2500. The Hall–Kier alpha value is -6.56. The number of fused-ring (bicyclic) bond motifs is 2. The number of benzene rings is 2. The van der Waals surface area contributed by atoms with Gasteiger partial charge in [-0.15, -0.1) is 0 Å². The molecule has 18 heteroatoms. The Balaban J connectivity index is 0.763. The van der Waals surface area contributed by atoms with Crippen LogP contribution in [0, 0.1) is 18.6 Å². The van der Waals surface area contributed by atoms with Crippen molar-refractivity contribution in [2.45, 2.75) is 44.7 Å². The standard InChI is InChI=1S/C40H39F2N11O5/c1-23-16-29(31(42)18-30(23)41)33-20-44-36(37-43-8-11-51(33)37)46-24-19-45-52(21-24)25-6-9-50(10-7-25)35(55)22-48-12-14-49(15-13-48)26-2-3-27-28(17-26)40(58)53(39(27)57)32-4-5-34(54)47-38(32)56/h2-3,8,11,16-21,25,32H,4-7,9-10,12-15,22H2,1H3,(H,44,46)(H,47,54,56). The first-order chi connectivity index (χ1) is 28.0. The zero-order valence-electron chi connectivity index (χ0n) is 31.5. The van der Waals surface area contributed by atoms with E-state index in [0.29, 0.717) is 74.2 Å². The molecule has 0 bridgehead atoms. The predicted molar refractivity (Wildman–Crippen MR) is 205 cm³/mol. The number of halogens is 2. The Morgan fingerprint density at radius 2 is 1.66 bits per heavy atom. The number of aryl methyl sites for hydroxylation is 1. The summed E-state index contributed by atoms with van der Waals surface area (Å²) in [6.45, 7) is 5.61. The third kappa shape index (κ3) is 6.71. The lowest BCUT2D eigenvalue weighted by atomic mass is 10.0. The summed E-state index contributed by atoms with van der Waals surface area (Å²) in [6, 6.07) is 6.52. The van der Waals surface area contributed by atoms with Crippen LogP contribution < -0.4 is 15.5 Å². The molecule has 2 aromatic carbocycles. The zero-order chi connectivity index (χ0) is 40.2. The number of rotatable bonds is 8. The maximum Gasteiger partial charge on any atom is 0.262 e. The first-order valence-corrected chi connectivity index (χ1v) is 19.2. The summed E-state index contributed by atoms with van der Waals surface area (Å²) in [5.74, 6) is -2.92. The van der Waals surface area contributed by atoms with Gasteiger partial charge in [0.15, 0.2) is 11.5 Å². The molecule has 1 atom stereocenters. The summed E-state index contributed by atoms with van der Waals surface area (Å²) < 4.78 is 32.3. The largest absolute Gasteiger partial charge is 0.369 e. The van der Waals surface area contributed by atoms with E-state index in [1.54, 1.807) is 48.1 Å². The van der Waals surface area contributed by atoms with Crippen molar-refractivity contribution in [3.63, 3.8) is 0 Å². The van der Waals surface area contributed by atoms with E-state index in [9.17, 15) is 32.8 Å².